The number of ether oxygens (including phenoxy) is 1. The first kappa shape index (κ1) is 19.2. The zero-order chi connectivity index (χ0) is 19.5. The lowest BCUT2D eigenvalue weighted by atomic mass is 10.0. The maximum absolute atomic E-state index is 6.09. The number of nitrogens with one attached hydrogen (secondary N) is 1. The Morgan fingerprint density at radius 2 is 1.89 bits per heavy atom. The van der Waals surface area contributed by atoms with Gasteiger partial charge in [0.15, 0.2) is 11.6 Å². The number of anilines is 2. The van der Waals surface area contributed by atoms with Crippen molar-refractivity contribution in [2.24, 2.45) is 0 Å². The third kappa shape index (κ3) is 4.16. The van der Waals surface area contributed by atoms with Crippen LogP contribution in [0, 0.1) is 0 Å². The molecular formula is C20H27ClN6O. The Morgan fingerprint density at radius 3 is 2.61 bits per heavy atom. The fourth-order valence-electron chi connectivity index (χ4n) is 3.88. The normalized spacial score (nSPS) is 18.4. The number of aromatic nitrogens is 2. The molecule has 4 rings (SSSR count). The van der Waals surface area contributed by atoms with Crippen LogP contribution in [0.5, 0.6) is 5.75 Å². The number of piperazine rings is 1. The summed E-state index contributed by atoms with van der Waals surface area (Å²) in [5, 5.41) is 4.06. The molecule has 1 aromatic carbocycles. The largest absolute Gasteiger partial charge is 0.485 e. The molecule has 0 aliphatic carbocycles. The van der Waals surface area contributed by atoms with E-state index in [1.165, 1.54) is 5.56 Å². The number of fused-ring (bicyclic) bond motifs is 1. The highest BCUT2D eigenvalue weighted by molar-refractivity contribution is 6.30. The summed E-state index contributed by atoms with van der Waals surface area (Å²) in [6, 6.07) is 8.58. The van der Waals surface area contributed by atoms with Crippen LogP contribution in [0.15, 0.2) is 30.6 Å². The summed E-state index contributed by atoms with van der Waals surface area (Å²) in [7, 11) is 4.24. The molecule has 0 radical (unpaired) electrons. The summed E-state index contributed by atoms with van der Waals surface area (Å²) in [5.74, 6) is 2.47. The third-order valence-electron chi connectivity index (χ3n) is 5.27. The third-order valence-corrected chi connectivity index (χ3v) is 5.53. The maximum Gasteiger partial charge on any atom is 0.204 e. The van der Waals surface area contributed by atoms with Gasteiger partial charge in [0.1, 0.15) is 12.9 Å². The summed E-state index contributed by atoms with van der Waals surface area (Å²) in [4.78, 5) is 15.9. The first-order valence-electron chi connectivity index (χ1n) is 9.72. The van der Waals surface area contributed by atoms with Gasteiger partial charge in [-0.3, -0.25) is 4.90 Å². The van der Waals surface area contributed by atoms with Crippen LogP contribution in [0.25, 0.3) is 0 Å². The summed E-state index contributed by atoms with van der Waals surface area (Å²) in [6.07, 6.45) is 1.62. The minimum absolute atomic E-state index is 0.339. The summed E-state index contributed by atoms with van der Waals surface area (Å²) in [6.45, 7) is 6.15. The zero-order valence-electron chi connectivity index (χ0n) is 16.4. The van der Waals surface area contributed by atoms with Crippen molar-refractivity contribution in [3.63, 3.8) is 0 Å². The topological polar surface area (TPSA) is 56.8 Å². The standard InChI is InChI=1S/C20H27ClN6O/c1-25(2)13-17(15-3-5-16(21)6-4-15)26-8-10-27(11-9-26)20-18-19(23-14-24-20)22-7-12-28-18/h3-6,14,17H,7-13H2,1-2H3,(H,22,23,24). The number of likely N-dealkylation sites (N-methyl/N-ethyl adjacent to an activating group) is 1. The number of nitrogens with zero attached hydrogens (tertiary/aromatic N) is 5. The molecule has 8 heteroatoms. The Kier molecular flexibility index (Phi) is 5.85. The molecular weight excluding hydrogens is 376 g/mol. The van der Waals surface area contributed by atoms with E-state index in [1.807, 2.05) is 12.1 Å². The summed E-state index contributed by atoms with van der Waals surface area (Å²) < 4.78 is 5.85. The number of hydrogen-bond acceptors (Lipinski definition) is 7. The van der Waals surface area contributed by atoms with Gasteiger partial charge in [-0.05, 0) is 31.8 Å². The van der Waals surface area contributed by atoms with Crippen LogP contribution in [-0.2, 0) is 0 Å². The van der Waals surface area contributed by atoms with Crippen molar-refractivity contribution in [3.8, 4) is 5.75 Å². The smallest absolute Gasteiger partial charge is 0.204 e. The van der Waals surface area contributed by atoms with Crippen LogP contribution in [0.2, 0.25) is 5.02 Å². The van der Waals surface area contributed by atoms with Crippen LogP contribution < -0.4 is 15.0 Å². The Morgan fingerprint density at radius 1 is 1.14 bits per heavy atom. The maximum atomic E-state index is 6.09. The van der Waals surface area contributed by atoms with Crippen molar-refractivity contribution < 1.29 is 4.74 Å². The van der Waals surface area contributed by atoms with Crippen molar-refractivity contribution in [2.75, 3.05) is 70.2 Å². The lowest BCUT2D eigenvalue weighted by Crippen LogP contribution is -2.49. The van der Waals surface area contributed by atoms with E-state index in [9.17, 15) is 0 Å². The number of halogens is 1. The van der Waals surface area contributed by atoms with Gasteiger partial charge in [-0.1, -0.05) is 23.7 Å². The molecule has 0 amide bonds. The van der Waals surface area contributed by atoms with Gasteiger partial charge in [0.25, 0.3) is 0 Å². The zero-order valence-corrected chi connectivity index (χ0v) is 17.2. The molecule has 3 heterocycles. The molecule has 2 aliphatic rings. The molecule has 2 aliphatic heterocycles. The first-order valence-corrected chi connectivity index (χ1v) is 10.1. The highest BCUT2D eigenvalue weighted by Gasteiger charge is 2.28. The van der Waals surface area contributed by atoms with Crippen molar-refractivity contribution in [1.29, 1.82) is 0 Å². The van der Waals surface area contributed by atoms with E-state index < -0.39 is 0 Å². The number of benzene rings is 1. The minimum atomic E-state index is 0.339. The quantitative estimate of drug-likeness (QED) is 0.823. The SMILES string of the molecule is CN(C)CC(c1ccc(Cl)cc1)N1CCN(c2ncnc3c2OCCN3)CC1. The van der Waals surface area contributed by atoms with Gasteiger partial charge in [0, 0.05) is 43.8 Å². The predicted octanol–water partition coefficient (Wildman–Crippen LogP) is 2.36. The van der Waals surface area contributed by atoms with E-state index in [-0.39, 0.29) is 0 Å². The average Bonchev–Trinajstić information content (AvgIpc) is 2.72. The molecule has 1 unspecified atom stereocenters. The monoisotopic (exact) mass is 402 g/mol. The fourth-order valence-corrected chi connectivity index (χ4v) is 4.00. The van der Waals surface area contributed by atoms with Gasteiger partial charge in [-0.15, -0.1) is 0 Å². The lowest BCUT2D eigenvalue weighted by molar-refractivity contribution is 0.153. The van der Waals surface area contributed by atoms with E-state index in [4.69, 9.17) is 16.3 Å². The van der Waals surface area contributed by atoms with Gasteiger partial charge >= 0.3 is 0 Å². The van der Waals surface area contributed by atoms with Gasteiger partial charge in [0.2, 0.25) is 5.75 Å². The van der Waals surface area contributed by atoms with Gasteiger partial charge in [-0.2, -0.15) is 0 Å². The molecule has 1 saturated heterocycles. The second-order valence-electron chi connectivity index (χ2n) is 7.50. The van der Waals surface area contributed by atoms with Crippen molar-refractivity contribution in [3.05, 3.63) is 41.2 Å². The average molecular weight is 403 g/mol. The van der Waals surface area contributed by atoms with Crippen molar-refractivity contribution in [2.45, 2.75) is 6.04 Å². The van der Waals surface area contributed by atoms with Crippen LogP contribution in [0.1, 0.15) is 11.6 Å². The number of rotatable bonds is 5. The fraction of sp³-hybridized carbons (Fsp3) is 0.500. The van der Waals surface area contributed by atoms with E-state index in [2.05, 4.69) is 56.2 Å². The molecule has 0 saturated carbocycles. The van der Waals surface area contributed by atoms with Gasteiger partial charge in [-0.25, -0.2) is 9.97 Å². The summed E-state index contributed by atoms with van der Waals surface area (Å²) >= 11 is 6.09. The predicted molar refractivity (Wildman–Crippen MR) is 113 cm³/mol. The molecule has 150 valence electrons. The van der Waals surface area contributed by atoms with Crippen LogP contribution in [0.3, 0.4) is 0 Å². The van der Waals surface area contributed by atoms with Crippen LogP contribution >= 0.6 is 11.6 Å². The van der Waals surface area contributed by atoms with Crippen molar-refractivity contribution >= 4 is 23.2 Å². The second-order valence-corrected chi connectivity index (χ2v) is 7.94. The Hall–Kier alpha value is -2.09. The van der Waals surface area contributed by atoms with E-state index in [0.29, 0.717) is 12.6 Å². The Labute approximate surface area is 171 Å². The van der Waals surface area contributed by atoms with E-state index >= 15 is 0 Å². The van der Waals surface area contributed by atoms with Crippen molar-refractivity contribution in [1.82, 2.24) is 19.8 Å². The lowest BCUT2D eigenvalue weighted by Gasteiger charge is -2.41. The molecule has 1 aromatic heterocycles. The van der Waals surface area contributed by atoms with E-state index in [0.717, 1.165) is 61.7 Å². The first-order chi connectivity index (χ1) is 13.6. The molecule has 1 N–H and O–H groups in total. The van der Waals surface area contributed by atoms with Gasteiger partial charge < -0.3 is 19.9 Å². The Balaban J connectivity index is 1.48. The highest BCUT2D eigenvalue weighted by Crippen LogP contribution is 2.35. The molecule has 7 nitrogen and oxygen atoms in total. The highest BCUT2D eigenvalue weighted by atomic mass is 35.5. The Bertz CT molecular complexity index is 792. The van der Waals surface area contributed by atoms with Crippen LogP contribution in [0.4, 0.5) is 11.6 Å². The van der Waals surface area contributed by atoms with Gasteiger partial charge in [0.05, 0.1) is 6.54 Å². The molecule has 0 bridgehead atoms. The molecule has 1 fully saturated rings. The molecule has 28 heavy (non-hydrogen) atoms. The molecule has 0 spiro atoms. The molecule has 1 atom stereocenters. The second kappa shape index (κ2) is 8.51. The summed E-state index contributed by atoms with van der Waals surface area (Å²) in [5.41, 5.74) is 1.30. The minimum Gasteiger partial charge on any atom is -0.485 e. The molecule has 2 aromatic rings. The van der Waals surface area contributed by atoms with E-state index in [1.54, 1.807) is 6.33 Å². The van der Waals surface area contributed by atoms with Crippen LogP contribution in [-0.4, -0.2) is 79.7 Å². The number of hydrogen-bond donors (Lipinski definition) is 1.